The first kappa shape index (κ1) is 13.5. The summed E-state index contributed by atoms with van der Waals surface area (Å²) >= 11 is 1.57. The number of ether oxygens (including phenoxy) is 1. The lowest BCUT2D eigenvalue weighted by Crippen LogP contribution is -2.06. The van der Waals surface area contributed by atoms with Crippen molar-refractivity contribution in [1.29, 1.82) is 0 Å². The predicted molar refractivity (Wildman–Crippen MR) is 78.5 cm³/mol. The first-order valence-corrected chi connectivity index (χ1v) is 7.73. The van der Waals surface area contributed by atoms with Gasteiger partial charge in [-0.2, -0.15) is 0 Å². The van der Waals surface area contributed by atoms with Crippen molar-refractivity contribution in [3.63, 3.8) is 0 Å². The van der Waals surface area contributed by atoms with E-state index in [2.05, 4.69) is 28.0 Å². The zero-order valence-corrected chi connectivity index (χ0v) is 12.1. The summed E-state index contributed by atoms with van der Waals surface area (Å²) in [6.07, 6.45) is 4.82. The number of aryl methyl sites for hydroxylation is 1. The third-order valence-electron chi connectivity index (χ3n) is 3.53. The van der Waals surface area contributed by atoms with E-state index in [4.69, 9.17) is 10.6 Å². The highest BCUT2D eigenvalue weighted by molar-refractivity contribution is 7.09. The van der Waals surface area contributed by atoms with E-state index in [1.807, 2.05) is 5.38 Å². The topological polar surface area (TPSA) is 57.4 Å². The lowest BCUT2D eigenvalue weighted by molar-refractivity contribution is 0.121. The molecular weight excluding hydrogens is 272 g/mol. The summed E-state index contributed by atoms with van der Waals surface area (Å²) < 4.78 is 5.96. The van der Waals surface area contributed by atoms with E-state index in [0.29, 0.717) is 13.2 Å². The minimum absolute atomic E-state index is 0.344. The second-order valence-electron chi connectivity index (χ2n) is 4.93. The zero-order chi connectivity index (χ0) is 13.8. The largest absolute Gasteiger partial charge is 0.486 e. The van der Waals surface area contributed by atoms with Crippen molar-refractivity contribution in [3.8, 4) is 5.75 Å². The maximum atomic E-state index is 5.96. The number of rotatable bonds is 5. The Bertz CT molecular complexity index is 583. The van der Waals surface area contributed by atoms with Crippen molar-refractivity contribution in [3.05, 3.63) is 45.4 Å². The van der Waals surface area contributed by atoms with Gasteiger partial charge in [0.15, 0.2) is 0 Å². The molecule has 0 amide bonds. The van der Waals surface area contributed by atoms with Crippen LogP contribution in [0.4, 0.5) is 0 Å². The molecule has 0 spiro atoms. The quantitative estimate of drug-likeness (QED) is 0.860. The molecule has 0 radical (unpaired) electrons. The van der Waals surface area contributed by atoms with Gasteiger partial charge in [-0.05, 0) is 42.9 Å². The standard InChI is InChI=1S/C15H18N2O2S/c16-19-8-12-10-20-15(17-12)9-18-14-7-3-5-11-4-1-2-6-13(11)14/h3,5,7,10H,1-2,4,6,8-9,16H2. The molecule has 0 saturated carbocycles. The molecule has 4 nitrogen and oxygen atoms in total. The average molecular weight is 290 g/mol. The molecule has 1 aliphatic carbocycles. The number of hydrogen-bond acceptors (Lipinski definition) is 5. The van der Waals surface area contributed by atoms with E-state index in [-0.39, 0.29) is 0 Å². The van der Waals surface area contributed by atoms with Crippen LogP contribution < -0.4 is 10.6 Å². The molecule has 1 aliphatic rings. The highest BCUT2D eigenvalue weighted by Gasteiger charge is 2.14. The number of aromatic nitrogens is 1. The van der Waals surface area contributed by atoms with E-state index in [0.717, 1.165) is 22.9 Å². The van der Waals surface area contributed by atoms with Gasteiger partial charge in [0.1, 0.15) is 24.0 Å². The molecule has 2 N–H and O–H groups in total. The third-order valence-corrected chi connectivity index (χ3v) is 4.41. The molecular formula is C15H18N2O2S. The Balaban J connectivity index is 1.68. The van der Waals surface area contributed by atoms with Gasteiger partial charge in [0.25, 0.3) is 0 Å². The van der Waals surface area contributed by atoms with Crippen LogP contribution in [0.2, 0.25) is 0 Å². The van der Waals surface area contributed by atoms with E-state index in [1.165, 1.54) is 30.4 Å². The summed E-state index contributed by atoms with van der Waals surface area (Å²) in [6.45, 7) is 0.850. The van der Waals surface area contributed by atoms with Crippen LogP contribution in [0.1, 0.15) is 34.7 Å². The summed E-state index contributed by atoms with van der Waals surface area (Å²) in [5.41, 5.74) is 3.66. The van der Waals surface area contributed by atoms with Crippen molar-refractivity contribution in [2.75, 3.05) is 0 Å². The zero-order valence-electron chi connectivity index (χ0n) is 11.3. The van der Waals surface area contributed by atoms with Crippen LogP contribution in [0.15, 0.2) is 23.6 Å². The monoisotopic (exact) mass is 290 g/mol. The van der Waals surface area contributed by atoms with Gasteiger partial charge in [0.2, 0.25) is 0 Å². The molecule has 1 aromatic carbocycles. The Morgan fingerprint density at radius 3 is 3.00 bits per heavy atom. The molecule has 1 aromatic heterocycles. The molecule has 0 aliphatic heterocycles. The van der Waals surface area contributed by atoms with Crippen LogP contribution in [0.25, 0.3) is 0 Å². The van der Waals surface area contributed by atoms with Crippen molar-refractivity contribution >= 4 is 11.3 Å². The first-order chi connectivity index (χ1) is 9.86. The Kier molecular flexibility index (Phi) is 4.30. The van der Waals surface area contributed by atoms with Gasteiger partial charge in [0, 0.05) is 5.38 Å². The van der Waals surface area contributed by atoms with E-state index in [9.17, 15) is 0 Å². The fourth-order valence-corrected chi connectivity index (χ4v) is 3.28. The number of nitrogens with zero attached hydrogens (tertiary/aromatic N) is 1. The van der Waals surface area contributed by atoms with Crippen molar-refractivity contribution in [1.82, 2.24) is 4.98 Å². The van der Waals surface area contributed by atoms with Gasteiger partial charge in [0.05, 0.1) is 5.69 Å². The number of benzene rings is 1. The summed E-state index contributed by atoms with van der Waals surface area (Å²) in [4.78, 5) is 9.00. The molecule has 5 heteroatoms. The highest BCUT2D eigenvalue weighted by Crippen LogP contribution is 2.30. The second kappa shape index (κ2) is 6.35. The van der Waals surface area contributed by atoms with E-state index >= 15 is 0 Å². The number of thiazole rings is 1. The molecule has 106 valence electrons. The lowest BCUT2D eigenvalue weighted by atomic mass is 9.91. The lowest BCUT2D eigenvalue weighted by Gasteiger charge is -2.19. The Morgan fingerprint density at radius 2 is 2.10 bits per heavy atom. The number of fused-ring (bicyclic) bond motifs is 1. The summed E-state index contributed by atoms with van der Waals surface area (Å²) in [5, 5.41) is 2.90. The highest BCUT2D eigenvalue weighted by atomic mass is 32.1. The predicted octanol–water partition coefficient (Wildman–Crippen LogP) is 2.99. The van der Waals surface area contributed by atoms with Crippen molar-refractivity contribution in [2.45, 2.75) is 38.9 Å². The summed E-state index contributed by atoms with van der Waals surface area (Å²) in [5.74, 6) is 6.05. The maximum Gasteiger partial charge on any atom is 0.140 e. The third kappa shape index (κ3) is 3.00. The summed E-state index contributed by atoms with van der Waals surface area (Å²) in [7, 11) is 0. The van der Waals surface area contributed by atoms with Crippen LogP contribution in [0.3, 0.4) is 0 Å². The van der Waals surface area contributed by atoms with Gasteiger partial charge in [-0.15, -0.1) is 11.3 Å². The fraction of sp³-hybridized carbons (Fsp3) is 0.400. The molecule has 0 bridgehead atoms. The normalized spacial score (nSPS) is 14.1. The molecule has 1 heterocycles. The Morgan fingerprint density at radius 1 is 1.20 bits per heavy atom. The molecule has 2 aromatic rings. The molecule has 20 heavy (non-hydrogen) atoms. The van der Waals surface area contributed by atoms with Crippen LogP contribution in [0.5, 0.6) is 5.75 Å². The SMILES string of the molecule is NOCc1csc(COc2cccc3c2CCCC3)n1. The average Bonchev–Trinajstić information content (AvgIpc) is 2.93. The molecule has 0 atom stereocenters. The van der Waals surface area contributed by atoms with Crippen molar-refractivity contribution in [2.24, 2.45) is 5.90 Å². The minimum atomic E-state index is 0.344. The number of nitrogens with two attached hydrogens (primary N) is 1. The Hall–Kier alpha value is -1.43. The van der Waals surface area contributed by atoms with Crippen LogP contribution in [-0.4, -0.2) is 4.98 Å². The van der Waals surface area contributed by atoms with Gasteiger partial charge in [-0.3, -0.25) is 4.84 Å². The second-order valence-corrected chi connectivity index (χ2v) is 5.88. The molecule has 0 saturated heterocycles. The smallest absolute Gasteiger partial charge is 0.140 e. The van der Waals surface area contributed by atoms with Crippen LogP contribution >= 0.6 is 11.3 Å². The van der Waals surface area contributed by atoms with E-state index < -0.39 is 0 Å². The minimum Gasteiger partial charge on any atom is -0.486 e. The Labute approximate surface area is 122 Å². The van der Waals surface area contributed by atoms with Gasteiger partial charge >= 0.3 is 0 Å². The fourth-order valence-electron chi connectivity index (χ4n) is 2.59. The van der Waals surface area contributed by atoms with E-state index in [1.54, 1.807) is 11.3 Å². The number of hydrogen-bond donors (Lipinski definition) is 1. The molecule has 3 rings (SSSR count). The first-order valence-electron chi connectivity index (χ1n) is 6.85. The van der Waals surface area contributed by atoms with Gasteiger partial charge < -0.3 is 4.74 Å². The summed E-state index contributed by atoms with van der Waals surface area (Å²) in [6, 6.07) is 6.35. The molecule has 0 unspecified atom stereocenters. The van der Waals surface area contributed by atoms with Crippen LogP contribution in [-0.2, 0) is 30.9 Å². The van der Waals surface area contributed by atoms with Crippen LogP contribution in [0, 0.1) is 0 Å². The van der Waals surface area contributed by atoms with Crippen molar-refractivity contribution < 1.29 is 9.57 Å². The maximum absolute atomic E-state index is 5.96. The molecule has 0 fully saturated rings. The van der Waals surface area contributed by atoms with Gasteiger partial charge in [-0.25, -0.2) is 10.9 Å². The van der Waals surface area contributed by atoms with Gasteiger partial charge in [-0.1, -0.05) is 12.1 Å².